The molecule has 1 aromatic carbocycles. The number of azide groups is 1. The SMILES string of the molecule is Cc1cc([N+](=O)[O-])cc(Br)c1N=[N+]=[N-]. The fourth-order valence-electron chi connectivity index (χ4n) is 0.995. The molecule has 0 N–H and O–H groups in total. The number of nitrogens with zero attached hydrogens (tertiary/aromatic N) is 4. The Morgan fingerprint density at radius 2 is 2.29 bits per heavy atom. The predicted octanol–water partition coefficient (Wildman–Crippen LogP) is 3.61. The summed E-state index contributed by atoms with van der Waals surface area (Å²) < 4.78 is 0.419. The van der Waals surface area contributed by atoms with E-state index in [4.69, 9.17) is 5.53 Å². The Morgan fingerprint density at radius 3 is 2.71 bits per heavy atom. The second-order valence-electron chi connectivity index (χ2n) is 2.54. The molecular formula is C7H5BrN4O2. The minimum atomic E-state index is -0.502. The van der Waals surface area contributed by atoms with Crippen molar-refractivity contribution in [1.82, 2.24) is 0 Å². The smallest absolute Gasteiger partial charge is 0.258 e. The van der Waals surface area contributed by atoms with Gasteiger partial charge in [0.05, 0.1) is 10.6 Å². The molecule has 6 nitrogen and oxygen atoms in total. The predicted molar refractivity (Wildman–Crippen MR) is 54.3 cm³/mol. The zero-order chi connectivity index (χ0) is 10.7. The van der Waals surface area contributed by atoms with E-state index < -0.39 is 4.92 Å². The lowest BCUT2D eigenvalue weighted by atomic mass is 10.2. The Bertz CT molecular complexity index is 416. The average molecular weight is 257 g/mol. The van der Waals surface area contributed by atoms with Crippen LogP contribution < -0.4 is 0 Å². The van der Waals surface area contributed by atoms with Crippen LogP contribution in [0.1, 0.15) is 5.56 Å². The van der Waals surface area contributed by atoms with E-state index in [2.05, 4.69) is 26.0 Å². The Kier molecular flexibility index (Phi) is 3.06. The van der Waals surface area contributed by atoms with Crippen LogP contribution in [0.3, 0.4) is 0 Å². The van der Waals surface area contributed by atoms with Crippen LogP contribution in [0.15, 0.2) is 21.7 Å². The largest absolute Gasteiger partial charge is 0.270 e. The molecule has 1 aromatic rings. The van der Waals surface area contributed by atoms with Crippen LogP contribution in [0.2, 0.25) is 0 Å². The van der Waals surface area contributed by atoms with Crippen molar-refractivity contribution in [2.45, 2.75) is 6.92 Å². The van der Waals surface area contributed by atoms with Gasteiger partial charge in [0.2, 0.25) is 0 Å². The lowest BCUT2D eigenvalue weighted by Gasteiger charge is -2.01. The van der Waals surface area contributed by atoms with Crippen molar-refractivity contribution in [2.75, 3.05) is 0 Å². The van der Waals surface area contributed by atoms with Crippen molar-refractivity contribution in [3.63, 3.8) is 0 Å². The molecule has 72 valence electrons. The van der Waals surface area contributed by atoms with Crippen molar-refractivity contribution in [3.05, 3.63) is 42.7 Å². The first-order chi connectivity index (χ1) is 6.56. The second kappa shape index (κ2) is 4.08. The molecule has 0 heterocycles. The summed E-state index contributed by atoms with van der Waals surface area (Å²) >= 11 is 3.10. The number of benzene rings is 1. The lowest BCUT2D eigenvalue weighted by Crippen LogP contribution is -1.89. The summed E-state index contributed by atoms with van der Waals surface area (Å²) in [5.41, 5.74) is 9.15. The minimum Gasteiger partial charge on any atom is -0.258 e. The van der Waals surface area contributed by atoms with E-state index in [0.717, 1.165) is 0 Å². The molecule has 0 spiro atoms. The van der Waals surface area contributed by atoms with Gasteiger partial charge in [0, 0.05) is 21.5 Å². The van der Waals surface area contributed by atoms with E-state index in [-0.39, 0.29) is 5.69 Å². The standard InChI is InChI=1S/C7H5BrN4O2/c1-4-2-5(12(13)14)3-6(8)7(4)10-11-9/h2-3H,1H3. The number of aryl methyl sites for hydroxylation is 1. The first kappa shape index (κ1) is 10.5. The third-order valence-electron chi connectivity index (χ3n) is 1.59. The van der Waals surface area contributed by atoms with Crippen LogP contribution in [-0.2, 0) is 0 Å². The van der Waals surface area contributed by atoms with Gasteiger partial charge in [-0.3, -0.25) is 10.1 Å². The number of halogens is 1. The van der Waals surface area contributed by atoms with Gasteiger partial charge in [-0.1, -0.05) is 21.0 Å². The van der Waals surface area contributed by atoms with Gasteiger partial charge in [0.25, 0.3) is 5.69 Å². The Hall–Kier alpha value is -1.59. The highest BCUT2D eigenvalue weighted by molar-refractivity contribution is 9.10. The molecule has 7 heteroatoms. The van der Waals surface area contributed by atoms with E-state index in [0.29, 0.717) is 15.7 Å². The maximum absolute atomic E-state index is 10.5. The molecule has 0 fully saturated rings. The van der Waals surface area contributed by atoms with Crippen LogP contribution >= 0.6 is 15.9 Å². The summed E-state index contributed by atoms with van der Waals surface area (Å²) in [5, 5.41) is 13.9. The number of nitro groups is 1. The molecule has 0 aliphatic heterocycles. The quantitative estimate of drug-likeness (QED) is 0.266. The van der Waals surface area contributed by atoms with Crippen LogP contribution in [0.25, 0.3) is 10.4 Å². The molecule has 0 aliphatic carbocycles. The summed E-state index contributed by atoms with van der Waals surface area (Å²) in [6, 6.07) is 2.66. The molecule has 0 saturated heterocycles. The van der Waals surface area contributed by atoms with Gasteiger partial charge < -0.3 is 0 Å². The zero-order valence-electron chi connectivity index (χ0n) is 7.14. The van der Waals surface area contributed by atoms with E-state index >= 15 is 0 Å². The number of nitro benzene ring substituents is 1. The third kappa shape index (κ3) is 2.01. The van der Waals surface area contributed by atoms with Crippen molar-refractivity contribution < 1.29 is 4.92 Å². The maximum atomic E-state index is 10.5. The fourth-order valence-corrected chi connectivity index (χ4v) is 1.62. The normalized spacial score (nSPS) is 9.29. The summed E-state index contributed by atoms with van der Waals surface area (Å²) in [4.78, 5) is 12.6. The third-order valence-corrected chi connectivity index (χ3v) is 2.20. The number of rotatable bonds is 2. The highest BCUT2D eigenvalue weighted by Crippen LogP contribution is 2.33. The van der Waals surface area contributed by atoms with Crippen molar-refractivity contribution in [1.29, 1.82) is 0 Å². The molecule has 1 rings (SSSR count). The van der Waals surface area contributed by atoms with Gasteiger partial charge in [-0.2, -0.15) is 0 Å². The molecule has 14 heavy (non-hydrogen) atoms. The van der Waals surface area contributed by atoms with E-state index in [1.165, 1.54) is 12.1 Å². The Labute approximate surface area is 87.5 Å². The van der Waals surface area contributed by atoms with Gasteiger partial charge in [0.1, 0.15) is 0 Å². The summed E-state index contributed by atoms with van der Waals surface area (Å²) in [6.07, 6.45) is 0. The molecule has 0 bridgehead atoms. The van der Waals surface area contributed by atoms with E-state index in [1.807, 2.05) is 0 Å². The molecule has 0 aromatic heterocycles. The zero-order valence-corrected chi connectivity index (χ0v) is 8.72. The maximum Gasteiger partial charge on any atom is 0.270 e. The van der Waals surface area contributed by atoms with Crippen LogP contribution in [0.5, 0.6) is 0 Å². The summed E-state index contributed by atoms with van der Waals surface area (Å²) in [6.45, 7) is 1.64. The monoisotopic (exact) mass is 256 g/mol. The minimum absolute atomic E-state index is 0.0359. The average Bonchev–Trinajstić information content (AvgIpc) is 2.10. The molecule has 0 amide bonds. The Balaban J connectivity index is 3.39. The van der Waals surface area contributed by atoms with Crippen molar-refractivity contribution >= 4 is 27.3 Å². The highest BCUT2D eigenvalue weighted by atomic mass is 79.9. The first-order valence-corrected chi connectivity index (χ1v) is 4.35. The van der Waals surface area contributed by atoms with E-state index in [9.17, 15) is 10.1 Å². The van der Waals surface area contributed by atoms with Gasteiger partial charge in [-0.05, 0) is 18.0 Å². The number of non-ortho nitro benzene ring substituents is 1. The molecule has 0 radical (unpaired) electrons. The van der Waals surface area contributed by atoms with E-state index in [1.54, 1.807) is 6.92 Å². The lowest BCUT2D eigenvalue weighted by molar-refractivity contribution is -0.385. The molecule has 0 saturated carbocycles. The first-order valence-electron chi connectivity index (χ1n) is 3.56. The highest BCUT2D eigenvalue weighted by Gasteiger charge is 2.11. The van der Waals surface area contributed by atoms with Crippen LogP contribution in [-0.4, -0.2) is 4.92 Å². The van der Waals surface area contributed by atoms with Gasteiger partial charge in [-0.15, -0.1) is 0 Å². The Morgan fingerprint density at radius 1 is 1.64 bits per heavy atom. The fraction of sp³-hybridized carbons (Fsp3) is 0.143. The molecule has 0 aliphatic rings. The summed E-state index contributed by atoms with van der Waals surface area (Å²) in [7, 11) is 0. The summed E-state index contributed by atoms with van der Waals surface area (Å²) in [5.74, 6) is 0. The van der Waals surface area contributed by atoms with Crippen LogP contribution in [0, 0.1) is 17.0 Å². The van der Waals surface area contributed by atoms with Crippen molar-refractivity contribution in [3.8, 4) is 0 Å². The number of hydrogen-bond donors (Lipinski definition) is 0. The van der Waals surface area contributed by atoms with Gasteiger partial charge in [0.15, 0.2) is 0 Å². The van der Waals surface area contributed by atoms with Crippen LogP contribution in [0.4, 0.5) is 11.4 Å². The molecule has 0 atom stereocenters. The van der Waals surface area contributed by atoms with Crippen molar-refractivity contribution in [2.24, 2.45) is 5.11 Å². The van der Waals surface area contributed by atoms with Gasteiger partial charge >= 0.3 is 0 Å². The topological polar surface area (TPSA) is 91.9 Å². The molecular weight excluding hydrogens is 252 g/mol. The number of hydrogen-bond acceptors (Lipinski definition) is 3. The molecule has 0 unspecified atom stereocenters. The second-order valence-corrected chi connectivity index (χ2v) is 3.39. The van der Waals surface area contributed by atoms with Gasteiger partial charge in [-0.25, -0.2) is 0 Å².